The molecule has 3 atom stereocenters. The molecule has 0 spiro atoms. The van der Waals surface area contributed by atoms with E-state index in [4.69, 9.17) is 0 Å². The van der Waals surface area contributed by atoms with E-state index in [0.717, 1.165) is 18.4 Å². The van der Waals surface area contributed by atoms with Crippen molar-refractivity contribution in [3.8, 4) is 0 Å². The summed E-state index contributed by atoms with van der Waals surface area (Å²) >= 11 is 0. The Labute approximate surface area is 136 Å². The Hall–Kier alpha value is -1.69. The van der Waals surface area contributed by atoms with Crippen molar-refractivity contribution >= 4 is 5.91 Å². The van der Waals surface area contributed by atoms with Crippen LogP contribution in [0.5, 0.6) is 0 Å². The van der Waals surface area contributed by atoms with E-state index in [1.54, 1.807) is 4.68 Å². The molecule has 1 aliphatic heterocycles. The fourth-order valence-corrected chi connectivity index (χ4v) is 3.52. The molecule has 23 heavy (non-hydrogen) atoms. The Morgan fingerprint density at radius 3 is 3.09 bits per heavy atom. The first-order valence-corrected chi connectivity index (χ1v) is 8.39. The Morgan fingerprint density at radius 1 is 1.52 bits per heavy atom. The van der Waals surface area contributed by atoms with E-state index in [-0.39, 0.29) is 11.9 Å². The predicted octanol–water partition coefficient (Wildman–Crippen LogP) is 1.80. The molecule has 1 aliphatic carbocycles. The van der Waals surface area contributed by atoms with E-state index in [1.165, 1.54) is 0 Å². The first-order valence-electron chi connectivity index (χ1n) is 8.39. The van der Waals surface area contributed by atoms with Crippen LogP contribution in [-0.4, -0.2) is 45.9 Å². The Morgan fingerprint density at radius 2 is 2.39 bits per heavy atom. The third-order valence-electron chi connectivity index (χ3n) is 4.72. The second-order valence-corrected chi connectivity index (χ2v) is 6.71. The molecule has 1 amide bonds. The number of nitrogens with one attached hydrogen (secondary N) is 1. The van der Waals surface area contributed by atoms with E-state index >= 15 is 0 Å². The van der Waals surface area contributed by atoms with Crippen molar-refractivity contribution in [2.45, 2.75) is 44.4 Å². The van der Waals surface area contributed by atoms with Crippen LogP contribution < -0.4 is 5.32 Å². The summed E-state index contributed by atoms with van der Waals surface area (Å²) in [5.41, 5.74) is 1.08. The summed E-state index contributed by atoms with van der Waals surface area (Å²) in [5.74, 6) is 0.448. The number of alkyl halides is 1. The number of halogens is 1. The lowest BCUT2D eigenvalue weighted by Gasteiger charge is -2.24. The molecule has 1 saturated heterocycles. The van der Waals surface area contributed by atoms with Gasteiger partial charge in [-0.05, 0) is 25.2 Å². The van der Waals surface area contributed by atoms with Gasteiger partial charge in [0.2, 0.25) is 5.91 Å². The lowest BCUT2D eigenvalue weighted by Crippen LogP contribution is -2.40. The Balaban J connectivity index is 1.48. The molecule has 0 aromatic carbocycles. The number of hydrogen-bond donors (Lipinski definition) is 1. The normalized spacial score (nSPS) is 27.7. The van der Waals surface area contributed by atoms with Crippen LogP contribution in [0.2, 0.25) is 0 Å². The molecular formula is C17H25FN4O. The number of aryl methyl sites for hydroxylation is 1. The second kappa shape index (κ2) is 7.25. The number of allylic oxidation sites excluding steroid dienone is 2. The zero-order chi connectivity index (χ0) is 16.2. The topological polar surface area (TPSA) is 50.2 Å². The molecule has 1 aromatic rings. The third kappa shape index (κ3) is 4.41. The molecule has 1 aromatic heterocycles. The molecule has 1 unspecified atom stereocenters. The summed E-state index contributed by atoms with van der Waals surface area (Å²) in [6.45, 7) is 1.64. The number of carbonyl (C=O) groups is 1. The van der Waals surface area contributed by atoms with E-state index in [9.17, 15) is 9.18 Å². The van der Waals surface area contributed by atoms with Crippen LogP contribution in [-0.2, 0) is 18.4 Å². The van der Waals surface area contributed by atoms with Gasteiger partial charge in [-0.15, -0.1) is 0 Å². The Bertz CT molecular complexity index is 571. The fraction of sp³-hybridized carbons (Fsp3) is 0.647. The van der Waals surface area contributed by atoms with E-state index in [0.29, 0.717) is 38.4 Å². The van der Waals surface area contributed by atoms with Gasteiger partial charge in [0.25, 0.3) is 0 Å². The number of aromatic nitrogens is 2. The smallest absolute Gasteiger partial charge is 0.220 e. The van der Waals surface area contributed by atoms with Crippen LogP contribution in [0.1, 0.15) is 31.2 Å². The van der Waals surface area contributed by atoms with Gasteiger partial charge in [-0.1, -0.05) is 12.2 Å². The Kier molecular flexibility index (Phi) is 5.10. The van der Waals surface area contributed by atoms with Gasteiger partial charge in [0.1, 0.15) is 6.17 Å². The molecule has 0 radical (unpaired) electrons. The monoisotopic (exact) mass is 320 g/mol. The van der Waals surface area contributed by atoms with Crippen molar-refractivity contribution in [1.82, 2.24) is 20.0 Å². The average molecular weight is 320 g/mol. The molecule has 1 N–H and O–H groups in total. The second-order valence-electron chi connectivity index (χ2n) is 6.71. The number of nitrogens with zero attached hydrogens (tertiary/aromatic N) is 3. The van der Waals surface area contributed by atoms with Crippen LogP contribution in [0.25, 0.3) is 0 Å². The molecule has 0 saturated carbocycles. The quantitative estimate of drug-likeness (QED) is 0.813. The van der Waals surface area contributed by atoms with E-state index < -0.39 is 6.17 Å². The number of hydrogen-bond acceptors (Lipinski definition) is 3. The largest absolute Gasteiger partial charge is 0.355 e. The molecule has 3 rings (SSSR count). The van der Waals surface area contributed by atoms with Crippen LogP contribution in [0.4, 0.5) is 4.39 Å². The highest BCUT2D eigenvalue weighted by atomic mass is 19.1. The van der Waals surface area contributed by atoms with Crippen molar-refractivity contribution < 1.29 is 9.18 Å². The number of amides is 1. The summed E-state index contributed by atoms with van der Waals surface area (Å²) in [6, 6.07) is 0.0632. The molecule has 126 valence electrons. The highest BCUT2D eigenvalue weighted by molar-refractivity contribution is 5.76. The van der Waals surface area contributed by atoms with Crippen LogP contribution in [0, 0.1) is 5.92 Å². The van der Waals surface area contributed by atoms with Gasteiger partial charge in [-0.25, -0.2) is 4.39 Å². The first kappa shape index (κ1) is 16.2. The van der Waals surface area contributed by atoms with Gasteiger partial charge < -0.3 is 5.32 Å². The average Bonchev–Trinajstić information content (AvgIpc) is 3.21. The maximum Gasteiger partial charge on any atom is 0.220 e. The maximum atomic E-state index is 13.8. The van der Waals surface area contributed by atoms with Gasteiger partial charge in [0, 0.05) is 50.9 Å². The molecular weight excluding hydrogens is 295 g/mol. The number of rotatable bonds is 6. The minimum Gasteiger partial charge on any atom is -0.355 e. The number of likely N-dealkylation sites (tertiary alicyclic amines) is 1. The van der Waals surface area contributed by atoms with Crippen LogP contribution >= 0.6 is 0 Å². The van der Waals surface area contributed by atoms with Gasteiger partial charge in [0.15, 0.2) is 0 Å². The maximum absolute atomic E-state index is 13.8. The van der Waals surface area contributed by atoms with E-state index in [2.05, 4.69) is 27.5 Å². The molecule has 5 nitrogen and oxygen atoms in total. The number of carbonyl (C=O) groups excluding carboxylic acids is 1. The lowest BCUT2D eigenvalue weighted by molar-refractivity contribution is -0.121. The zero-order valence-electron chi connectivity index (χ0n) is 13.6. The minimum atomic E-state index is -0.814. The zero-order valence-corrected chi connectivity index (χ0v) is 13.6. The lowest BCUT2D eigenvalue weighted by atomic mass is 10.0. The van der Waals surface area contributed by atoms with Crippen molar-refractivity contribution in [2.75, 3.05) is 13.1 Å². The van der Waals surface area contributed by atoms with Crippen LogP contribution in [0.3, 0.4) is 0 Å². The van der Waals surface area contributed by atoms with Crippen molar-refractivity contribution in [3.05, 3.63) is 30.1 Å². The summed E-state index contributed by atoms with van der Waals surface area (Å²) in [6.07, 6.45) is 10.4. The molecule has 1 fully saturated rings. The van der Waals surface area contributed by atoms with Crippen molar-refractivity contribution in [2.24, 2.45) is 13.0 Å². The minimum absolute atomic E-state index is 0.0632. The molecule has 6 heteroatoms. The fourth-order valence-electron chi connectivity index (χ4n) is 3.52. The predicted molar refractivity (Wildman–Crippen MR) is 86.4 cm³/mol. The van der Waals surface area contributed by atoms with Crippen molar-refractivity contribution in [1.29, 1.82) is 0 Å². The molecule has 2 aliphatic rings. The summed E-state index contributed by atoms with van der Waals surface area (Å²) in [7, 11) is 1.88. The van der Waals surface area contributed by atoms with Gasteiger partial charge in [-0.3, -0.25) is 14.4 Å². The highest BCUT2D eigenvalue weighted by Crippen LogP contribution is 2.23. The summed E-state index contributed by atoms with van der Waals surface area (Å²) in [5, 5.41) is 7.15. The van der Waals surface area contributed by atoms with Gasteiger partial charge in [0.05, 0.1) is 6.20 Å². The van der Waals surface area contributed by atoms with Crippen molar-refractivity contribution in [3.63, 3.8) is 0 Å². The summed E-state index contributed by atoms with van der Waals surface area (Å²) < 4.78 is 15.6. The SMILES string of the molecule is Cn1cc(CN2C[C@@H](F)C[C@H]2CNC(=O)CC2C=CCC2)cn1. The van der Waals surface area contributed by atoms with Crippen LogP contribution in [0.15, 0.2) is 24.5 Å². The van der Waals surface area contributed by atoms with Gasteiger partial charge >= 0.3 is 0 Å². The molecule has 2 heterocycles. The van der Waals surface area contributed by atoms with Gasteiger partial charge in [-0.2, -0.15) is 5.10 Å². The first-order chi connectivity index (χ1) is 11.1. The third-order valence-corrected chi connectivity index (χ3v) is 4.72. The highest BCUT2D eigenvalue weighted by Gasteiger charge is 2.32. The summed E-state index contributed by atoms with van der Waals surface area (Å²) in [4.78, 5) is 14.1. The van der Waals surface area contributed by atoms with E-state index in [1.807, 2.05) is 19.4 Å². The molecule has 0 bridgehead atoms. The standard InChI is InChI=1S/C17H25FN4O/c1-21-10-14(8-20-21)11-22-12-15(18)7-16(22)9-19-17(23)6-13-4-2-3-5-13/h2,4,8,10,13,15-16H,3,5-7,9,11-12H2,1H3,(H,19,23)/t13?,15-,16-/m0/s1.